The van der Waals surface area contributed by atoms with E-state index in [1.54, 1.807) is 30.0 Å². The largest absolute Gasteiger partial charge is 0.398 e. The summed E-state index contributed by atoms with van der Waals surface area (Å²) >= 11 is 0. The van der Waals surface area contributed by atoms with Crippen molar-refractivity contribution in [3.63, 3.8) is 0 Å². The smallest absolute Gasteiger partial charge is 0.241 e. The Labute approximate surface area is 119 Å². The van der Waals surface area contributed by atoms with Gasteiger partial charge in [-0.1, -0.05) is 6.07 Å². The van der Waals surface area contributed by atoms with Gasteiger partial charge in [0.2, 0.25) is 5.91 Å². The Kier molecular flexibility index (Phi) is 6.44. The number of rotatable bonds is 7. The standard InChI is InChI=1S/C14H23N3O3/c1-10-12(15)4-3-5-13(10)16-14(20)11(2)17(6-8-18)7-9-19/h3-5,11,18-19H,6-9,15H2,1-2H3,(H,16,20). The molecule has 1 amide bonds. The zero-order chi connectivity index (χ0) is 15.1. The highest BCUT2D eigenvalue weighted by Gasteiger charge is 2.21. The minimum absolute atomic E-state index is 0.0606. The van der Waals surface area contributed by atoms with Gasteiger partial charge in [-0.2, -0.15) is 0 Å². The third-order valence-corrected chi connectivity index (χ3v) is 3.34. The molecule has 0 saturated carbocycles. The van der Waals surface area contributed by atoms with Gasteiger partial charge in [0.15, 0.2) is 0 Å². The van der Waals surface area contributed by atoms with E-state index in [0.717, 1.165) is 5.56 Å². The van der Waals surface area contributed by atoms with Gasteiger partial charge in [-0.3, -0.25) is 9.69 Å². The van der Waals surface area contributed by atoms with Crippen LogP contribution < -0.4 is 11.1 Å². The first-order chi connectivity index (χ1) is 9.51. The van der Waals surface area contributed by atoms with E-state index in [0.29, 0.717) is 24.5 Å². The Morgan fingerprint density at radius 1 is 1.35 bits per heavy atom. The number of carbonyl (C=O) groups excluding carboxylic acids is 1. The fourth-order valence-corrected chi connectivity index (χ4v) is 1.95. The maximum Gasteiger partial charge on any atom is 0.241 e. The van der Waals surface area contributed by atoms with E-state index in [1.807, 2.05) is 6.92 Å². The molecule has 1 aromatic carbocycles. The van der Waals surface area contributed by atoms with Crippen LogP contribution in [0.2, 0.25) is 0 Å². The Hall–Kier alpha value is -1.63. The molecule has 1 aromatic rings. The molecule has 0 fully saturated rings. The molecule has 1 unspecified atom stereocenters. The van der Waals surface area contributed by atoms with Crippen molar-refractivity contribution >= 4 is 17.3 Å². The van der Waals surface area contributed by atoms with Crippen LogP contribution in [0.5, 0.6) is 0 Å². The number of amides is 1. The Morgan fingerprint density at radius 3 is 2.50 bits per heavy atom. The van der Waals surface area contributed by atoms with Gasteiger partial charge < -0.3 is 21.3 Å². The van der Waals surface area contributed by atoms with E-state index in [-0.39, 0.29) is 19.1 Å². The SMILES string of the molecule is Cc1c(N)cccc1NC(=O)C(C)N(CCO)CCO. The van der Waals surface area contributed by atoms with E-state index in [1.165, 1.54) is 0 Å². The predicted molar refractivity (Wildman–Crippen MR) is 79.4 cm³/mol. The molecule has 0 bridgehead atoms. The first kappa shape index (κ1) is 16.4. The average Bonchev–Trinajstić information content (AvgIpc) is 2.42. The van der Waals surface area contributed by atoms with Gasteiger partial charge in [-0.25, -0.2) is 0 Å². The predicted octanol–water partition coefficient (Wildman–Crippen LogP) is 0.191. The highest BCUT2D eigenvalue weighted by molar-refractivity contribution is 5.95. The fourth-order valence-electron chi connectivity index (χ4n) is 1.95. The molecule has 0 aromatic heterocycles. The summed E-state index contributed by atoms with van der Waals surface area (Å²) in [5.74, 6) is -0.194. The average molecular weight is 281 g/mol. The third kappa shape index (κ3) is 4.19. The summed E-state index contributed by atoms with van der Waals surface area (Å²) in [5.41, 5.74) is 7.92. The molecule has 0 spiro atoms. The lowest BCUT2D eigenvalue weighted by molar-refractivity contribution is -0.121. The molecule has 20 heavy (non-hydrogen) atoms. The summed E-state index contributed by atoms with van der Waals surface area (Å²) in [5, 5.41) is 20.8. The van der Waals surface area contributed by atoms with Crippen molar-refractivity contribution in [1.82, 2.24) is 4.90 Å². The highest BCUT2D eigenvalue weighted by atomic mass is 16.3. The van der Waals surface area contributed by atoms with E-state index in [4.69, 9.17) is 15.9 Å². The number of nitrogens with zero attached hydrogens (tertiary/aromatic N) is 1. The second-order valence-electron chi connectivity index (χ2n) is 4.67. The molecule has 1 rings (SSSR count). The van der Waals surface area contributed by atoms with Crippen molar-refractivity contribution in [2.45, 2.75) is 19.9 Å². The van der Waals surface area contributed by atoms with Crippen LogP contribution in [0.1, 0.15) is 12.5 Å². The van der Waals surface area contributed by atoms with Gasteiger partial charge in [-0.05, 0) is 31.5 Å². The number of anilines is 2. The van der Waals surface area contributed by atoms with Crippen molar-refractivity contribution in [3.05, 3.63) is 23.8 Å². The summed E-state index contributed by atoms with van der Waals surface area (Å²) in [6.45, 7) is 4.14. The molecule has 6 heteroatoms. The van der Waals surface area contributed by atoms with Crippen LogP contribution in [-0.4, -0.2) is 53.4 Å². The number of nitrogens with one attached hydrogen (secondary N) is 1. The van der Waals surface area contributed by atoms with Gasteiger partial charge in [0, 0.05) is 24.5 Å². The highest BCUT2D eigenvalue weighted by Crippen LogP contribution is 2.20. The van der Waals surface area contributed by atoms with Crippen molar-refractivity contribution in [3.8, 4) is 0 Å². The van der Waals surface area contributed by atoms with E-state index in [2.05, 4.69) is 5.32 Å². The molecule has 112 valence electrons. The summed E-state index contributed by atoms with van der Waals surface area (Å²) < 4.78 is 0. The summed E-state index contributed by atoms with van der Waals surface area (Å²) in [6.07, 6.45) is 0. The van der Waals surface area contributed by atoms with Gasteiger partial charge in [-0.15, -0.1) is 0 Å². The monoisotopic (exact) mass is 281 g/mol. The molecule has 0 heterocycles. The number of aliphatic hydroxyl groups excluding tert-OH is 2. The lowest BCUT2D eigenvalue weighted by Gasteiger charge is -2.27. The van der Waals surface area contributed by atoms with Gasteiger partial charge >= 0.3 is 0 Å². The van der Waals surface area contributed by atoms with Crippen LogP contribution in [0.25, 0.3) is 0 Å². The molecule has 6 nitrogen and oxygen atoms in total. The molecular formula is C14H23N3O3. The maximum atomic E-state index is 12.2. The molecule has 0 aliphatic carbocycles. The number of nitrogens with two attached hydrogens (primary N) is 1. The van der Waals surface area contributed by atoms with Crippen LogP contribution in [0, 0.1) is 6.92 Å². The molecule has 1 atom stereocenters. The van der Waals surface area contributed by atoms with Crippen LogP contribution in [0.4, 0.5) is 11.4 Å². The van der Waals surface area contributed by atoms with Gasteiger partial charge in [0.05, 0.1) is 19.3 Å². The first-order valence-corrected chi connectivity index (χ1v) is 6.63. The van der Waals surface area contributed by atoms with Gasteiger partial charge in [0.1, 0.15) is 0 Å². The van der Waals surface area contributed by atoms with E-state index in [9.17, 15) is 4.79 Å². The molecule has 0 aliphatic rings. The number of carbonyl (C=O) groups is 1. The third-order valence-electron chi connectivity index (χ3n) is 3.34. The molecule has 0 saturated heterocycles. The van der Waals surface area contributed by atoms with Crippen molar-refractivity contribution in [2.75, 3.05) is 37.4 Å². The molecular weight excluding hydrogens is 258 g/mol. The normalized spacial score (nSPS) is 12.4. The fraction of sp³-hybridized carbons (Fsp3) is 0.500. The zero-order valence-electron chi connectivity index (χ0n) is 12.0. The molecule has 0 aliphatic heterocycles. The topological polar surface area (TPSA) is 98.8 Å². The minimum Gasteiger partial charge on any atom is -0.398 e. The second-order valence-corrected chi connectivity index (χ2v) is 4.67. The first-order valence-electron chi connectivity index (χ1n) is 6.63. The maximum absolute atomic E-state index is 12.2. The zero-order valence-corrected chi connectivity index (χ0v) is 12.0. The Morgan fingerprint density at radius 2 is 1.95 bits per heavy atom. The lowest BCUT2D eigenvalue weighted by atomic mass is 10.1. The van der Waals surface area contributed by atoms with Crippen molar-refractivity contribution in [2.24, 2.45) is 0 Å². The molecule has 0 radical (unpaired) electrons. The number of aliphatic hydroxyl groups is 2. The number of hydrogen-bond acceptors (Lipinski definition) is 5. The van der Waals surface area contributed by atoms with Crippen LogP contribution in [0.3, 0.4) is 0 Å². The van der Waals surface area contributed by atoms with Crippen LogP contribution >= 0.6 is 0 Å². The van der Waals surface area contributed by atoms with Gasteiger partial charge in [0.25, 0.3) is 0 Å². The second kappa shape index (κ2) is 7.84. The quantitative estimate of drug-likeness (QED) is 0.535. The van der Waals surface area contributed by atoms with Crippen molar-refractivity contribution in [1.29, 1.82) is 0 Å². The summed E-state index contributed by atoms with van der Waals surface area (Å²) in [7, 11) is 0. The lowest BCUT2D eigenvalue weighted by Crippen LogP contribution is -2.44. The number of benzene rings is 1. The minimum atomic E-state index is -0.449. The van der Waals surface area contributed by atoms with Crippen LogP contribution in [-0.2, 0) is 4.79 Å². The van der Waals surface area contributed by atoms with E-state index >= 15 is 0 Å². The Bertz CT molecular complexity index is 445. The molecule has 5 N–H and O–H groups in total. The number of nitrogen functional groups attached to an aromatic ring is 1. The van der Waals surface area contributed by atoms with Crippen molar-refractivity contribution < 1.29 is 15.0 Å². The summed E-state index contributed by atoms with van der Waals surface area (Å²) in [6, 6.07) is 4.90. The Balaban J connectivity index is 2.76. The van der Waals surface area contributed by atoms with Crippen LogP contribution in [0.15, 0.2) is 18.2 Å². The van der Waals surface area contributed by atoms with E-state index < -0.39 is 6.04 Å². The number of hydrogen-bond donors (Lipinski definition) is 4. The summed E-state index contributed by atoms with van der Waals surface area (Å²) in [4.78, 5) is 13.9.